The van der Waals surface area contributed by atoms with Crippen molar-refractivity contribution < 1.29 is 29.1 Å². The van der Waals surface area contributed by atoms with Gasteiger partial charge in [-0.05, 0) is 0 Å². The molecule has 0 fully saturated rings. The van der Waals surface area contributed by atoms with Gasteiger partial charge < -0.3 is 21.1 Å². The number of carboxylic acids is 1. The van der Waals surface area contributed by atoms with E-state index in [9.17, 15) is 24.0 Å². The molecule has 0 aliphatic rings. The van der Waals surface area contributed by atoms with Crippen molar-refractivity contribution in [2.75, 3.05) is 18.8 Å². The quantitative estimate of drug-likeness (QED) is 0.409. The Balaban J connectivity index is 4.52. The van der Waals surface area contributed by atoms with Crippen molar-refractivity contribution in [2.24, 2.45) is 0 Å². The zero-order chi connectivity index (χ0) is 16.4. The van der Waals surface area contributed by atoms with Gasteiger partial charge in [0, 0.05) is 19.6 Å². The van der Waals surface area contributed by atoms with Crippen LogP contribution in [0, 0.1) is 0 Å². The number of hydrogen-bond donors (Lipinski definition) is 4. The van der Waals surface area contributed by atoms with Crippen LogP contribution in [0.4, 0.5) is 0 Å². The fourth-order valence-corrected chi connectivity index (χ4v) is 1.76. The predicted molar refractivity (Wildman–Crippen MR) is 74.4 cm³/mol. The van der Waals surface area contributed by atoms with Crippen LogP contribution in [0.1, 0.15) is 13.8 Å². The molecule has 0 rings (SSSR count). The Morgan fingerprint density at radius 2 is 1.67 bits per heavy atom. The second-order valence-corrected chi connectivity index (χ2v) is 5.14. The Morgan fingerprint density at radius 1 is 1.05 bits per heavy atom. The Kier molecular flexibility index (Phi) is 8.77. The van der Waals surface area contributed by atoms with E-state index in [0.717, 1.165) is 11.8 Å². The first-order valence-electron chi connectivity index (χ1n) is 5.89. The summed E-state index contributed by atoms with van der Waals surface area (Å²) in [6.07, 6.45) is 0. The van der Waals surface area contributed by atoms with Gasteiger partial charge in [-0.3, -0.25) is 24.0 Å². The minimum absolute atomic E-state index is 0.0351. The molecule has 4 N–H and O–H groups in total. The van der Waals surface area contributed by atoms with Crippen LogP contribution in [0.2, 0.25) is 0 Å². The minimum Gasteiger partial charge on any atom is -0.480 e. The van der Waals surface area contributed by atoms with Crippen LogP contribution in [0.3, 0.4) is 0 Å². The highest BCUT2D eigenvalue weighted by atomic mass is 32.2. The molecule has 0 aliphatic heterocycles. The lowest BCUT2D eigenvalue weighted by atomic mass is 10.3. The number of amides is 3. The lowest BCUT2D eigenvalue weighted by molar-refractivity contribution is -0.138. The standard InChI is InChI=1S/C11H17N3O6S/c1-6(15)12-3-9(17)14-8(5-21-7(2)16)11(20)13-4-10(18)19/h8H,3-5H2,1-2H3,(H,12,15)(H,13,20)(H,14,17)(H,18,19)/t8-/m0/s1. The average molecular weight is 319 g/mol. The Bertz CT molecular complexity index is 440. The van der Waals surface area contributed by atoms with Gasteiger partial charge in [0.25, 0.3) is 0 Å². The fourth-order valence-electron chi connectivity index (χ4n) is 1.12. The third kappa shape index (κ3) is 10.4. The van der Waals surface area contributed by atoms with Gasteiger partial charge in [-0.1, -0.05) is 11.8 Å². The molecule has 118 valence electrons. The number of aliphatic carboxylic acids is 1. The van der Waals surface area contributed by atoms with Gasteiger partial charge in [-0.25, -0.2) is 0 Å². The van der Waals surface area contributed by atoms with E-state index in [1.54, 1.807) is 0 Å². The molecular formula is C11H17N3O6S. The number of nitrogens with one attached hydrogen (secondary N) is 3. The van der Waals surface area contributed by atoms with E-state index in [0.29, 0.717) is 0 Å². The first-order chi connectivity index (χ1) is 9.72. The molecule has 0 aliphatic carbocycles. The normalized spacial score (nSPS) is 11.1. The van der Waals surface area contributed by atoms with Crippen LogP contribution in [0.15, 0.2) is 0 Å². The van der Waals surface area contributed by atoms with E-state index in [2.05, 4.69) is 16.0 Å². The van der Waals surface area contributed by atoms with Gasteiger partial charge in [0.05, 0.1) is 6.54 Å². The Labute approximate surface area is 125 Å². The summed E-state index contributed by atoms with van der Waals surface area (Å²) in [5.41, 5.74) is 0. The molecule has 0 bridgehead atoms. The van der Waals surface area contributed by atoms with E-state index in [1.807, 2.05) is 0 Å². The van der Waals surface area contributed by atoms with Crippen LogP contribution >= 0.6 is 11.8 Å². The van der Waals surface area contributed by atoms with E-state index >= 15 is 0 Å². The molecule has 0 radical (unpaired) electrons. The third-order valence-corrected chi connectivity index (χ3v) is 2.92. The molecule has 0 spiro atoms. The number of rotatable bonds is 8. The maximum atomic E-state index is 11.7. The van der Waals surface area contributed by atoms with E-state index in [4.69, 9.17) is 5.11 Å². The van der Waals surface area contributed by atoms with Crippen molar-refractivity contribution in [3.8, 4) is 0 Å². The van der Waals surface area contributed by atoms with Crippen molar-refractivity contribution in [3.05, 3.63) is 0 Å². The number of hydrogen-bond acceptors (Lipinski definition) is 6. The molecule has 0 unspecified atom stereocenters. The zero-order valence-corrected chi connectivity index (χ0v) is 12.4. The zero-order valence-electron chi connectivity index (χ0n) is 11.6. The summed E-state index contributed by atoms with van der Waals surface area (Å²) >= 11 is 0.819. The van der Waals surface area contributed by atoms with E-state index < -0.39 is 36.3 Å². The van der Waals surface area contributed by atoms with Crippen molar-refractivity contribution in [1.29, 1.82) is 0 Å². The summed E-state index contributed by atoms with van der Waals surface area (Å²) in [6.45, 7) is 1.62. The van der Waals surface area contributed by atoms with Crippen LogP contribution in [0.5, 0.6) is 0 Å². The van der Waals surface area contributed by atoms with E-state index in [1.165, 1.54) is 13.8 Å². The molecular weight excluding hydrogens is 302 g/mol. The number of carbonyl (C=O) groups is 5. The van der Waals surface area contributed by atoms with Gasteiger partial charge in [0.15, 0.2) is 5.12 Å². The maximum Gasteiger partial charge on any atom is 0.322 e. The molecule has 0 saturated carbocycles. The van der Waals surface area contributed by atoms with Gasteiger partial charge in [-0.15, -0.1) is 0 Å². The number of carbonyl (C=O) groups excluding carboxylic acids is 4. The summed E-state index contributed by atoms with van der Waals surface area (Å²) < 4.78 is 0. The predicted octanol–water partition coefficient (Wildman–Crippen LogP) is -1.91. The molecule has 0 saturated heterocycles. The topological polar surface area (TPSA) is 142 Å². The molecule has 0 aromatic heterocycles. The summed E-state index contributed by atoms with van der Waals surface area (Å²) in [5, 5.41) is 14.9. The Morgan fingerprint density at radius 3 is 2.14 bits per heavy atom. The van der Waals surface area contributed by atoms with Crippen LogP contribution in [0.25, 0.3) is 0 Å². The molecule has 21 heavy (non-hydrogen) atoms. The van der Waals surface area contributed by atoms with E-state index in [-0.39, 0.29) is 17.4 Å². The molecule has 0 aromatic carbocycles. The van der Waals surface area contributed by atoms with Gasteiger partial charge in [0.1, 0.15) is 12.6 Å². The van der Waals surface area contributed by atoms with Gasteiger partial charge in [0.2, 0.25) is 17.7 Å². The van der Waals surface area contributed by atoms with Crippen molar-refractivity contribution in [1.82, 2.24) is 16.0 Å². The molecule has 3 amide bonds. The lowest BCUT2D eigenvalue weighted by Crippen LogP contribution is -2.51. The highest BCUT2D eigenvalue weighted by molar-refractivity contribution is 8.13. The lowest BCUT2D eigenvalue weighted by Gasteiger charge is -2.17. The second kappa shape index (κ2) is 9.75. The molecule has 9 nitrogen and oxygen atoms in total. The van der Waals surface area contributed by atoms with Crippen LogP contribution < -0.4 is 16.0 Å². The molecule has 10 heteroatoms. The summed E-state index contributed by atoms with van der Waals surface area (Å²) in [5.74, 6) is -3.01. The SMILES string of the molecule is CC(=O)NCC(=O)N[C@@H](CSC(C)=O)C(=O)NCC(=O)O. The largest absolute Gasteiger partial charge is 0.480 e. The monoisotopic (exact) mass is 319 g/mol. The average Bonchev–Trinajstić information content (AvgIpc) is 2.38. The first-order valence-corrected chi connectivity index (χ1v) is 6.87. The molecule has 1 atom stereocenters. The van der Waals surface area contributed by atoms with Crippen LogP contribution in [-0.2, 0) is 24.0 Å². The minimum atomic E-state index is -1.23. The summed E-state index contributed by atoms with van der Waals surface area (Å²) in [6, 6.07) is -1.07. The number of thioether (sulfide) groups is 1. The summed E-state index contributed by atoms with van der Waals surface area (Å²) in [4.78, 5) is 55.2. The third-order valence-electron chi connectivity index (χ3n) is 2.02. The van der Waals surface area contributed by atoms with Crippen molar-refractivity contribution in [3.63, 3.8) is 0 Å². The Hall–Kier alpha value is -2.10. The summed E-state index contributed by atoms with van der Waals surface area (Å²) in [7, 11) is 0. The van der Waals surface area contributed by atoms with Crippen molar-refractivity contribution in [2.45, 2.75) is 19.9 Å². The second-order valence-electron chi connectivity index (χ2n) is 3.94. The number of carboxylic acid groups (broad SMARTS) is 1. The van der Waals surface area contributed by atoms with Gasteiger partial charge in [-0.2, -0.15) is 0 Å². The first kappa shape index (κ1) is 18.9. The molecule has 0 aromatic rings. The molecule has 0 heterocycles. The van der Waals surface area contributed by atoms with Gasteiger partial charge >= 0.3 is 5.97 Å². The highest BCUT2D eigenvalue weighted by Crippen LogP contribution is 2.04. The fraction of sp³-hybridized carbons (Fsp3) is 0.545. The van der Waals surface area contributed by atoms with Crippen LogP contribution in [-0.4, -0.2) is 58.8 Å². The highest BCUT2D eigenvalue weighted by Gasteiger charge is 2.22. The smallest absolute Gasteiger partial charge is 0.322 e. The van der Waals surface area contributed by atoms with Crippen molar-refractivity contribution >= 4 is 40.6 Å². The maximum absolute atomic E-state index is 11.7.